The van der Waals surface area contributed by atoms with Gasteiger partial charge in [-0.1, -0.05) is 24.3 Å². The van der Waals surface area contributed by atoms with Crippen LogP contribution in [0.1, 0.15) is 6.42 Å². The summed E-state index contributed by atoms with van der Waals surface area (Å²) in [5.41, 5.74) is 0.984. The molecule has 0 heterocycles. The second-order valence-corrected chi connectivity index (χ2v) is 3.43. The number of hydrogen-bond acceptors (Lipinski definition) is 3. The van der Waals surface area contributed by atoms with Crippen LogP contribution in [0.5, 0.6) is 0 Å². The molecule has 0 atom stereocenters. The van der Waals surface area contributed by atoms with E-state index in [4.69, 9.17) is 10.4 Å². The highest BCUT2D eigenvalue weighted by Crippen LogP contribution is 2.13. The van der Waals surface area contributed by atoms with Crippen molar-refractivity contribution in [3.05, 3.63) is 42.5 Å². The molecule has 0 radical (unpaired) electrons. The fourth-order valence-corrected chi connectivity index (χ4v) is 1.43. The number of para-hydroxylation sites is 1. The van der Waals surface area contributed by atoms with Gasteiger partial charge in [-0.05, 0) is 12.1 Å². The summed E-state index contributed by atoms with van der Waals surface area (Å²) >= 11 is 0. The molecule has 0 fully saturated rings. The van der Waals surface area contributed by atoms with Crippen molar-refractivity contribution in [2.75, 3.05) is 18.0 Å². The van der Waals surface area contributed by atoms with E-state index >= 15 is 0 Å². The third-order valence-electron chi connectivity index (χ3n) is 2.20. The number of hydrogen-bond donors (Lipinski definition) is 1. The lowest BCUT2D eigenvalue weighted by Crippen LogP contribution is -2.24. The van der Waals surface area contributed by atoms with Crippen LogP contribution in [0.2, 0.25) is 0 Å². The Hall–Kier alpha value is -2.28. The van der Waals surface area contributed by atoms with Gasteiger partial charge in [0, 0.05) is 24.9 Å². The van der Waals surface area contributed by atoms with Crippen molar-refractivity contribution in [3.8, 4) is 6.07 Å². The van der Waals surface area contributed by atoms with Crippen LogP contribution in [0, 0.1) is 11.3 Å². The topological polar surface area (TPSA) is 64.3 Å². The Morgan fingerprint density at radius 3 is 2.71 bits per heavy atom. The van der Waals surface area contributed by atoms with Crippen molar-refractivity contribution in [3.63, 3.8) is 0 Å². The molecule has 1 rings (SSSR count). The number of anilines is 1. The number of nitriles is 1. The molecule has 0 unspecified atom stereocenters. The van der Waals surface area contributed by atoms with E-state index in [9.17, 15) is 4.79 Å². The number of aliphatic carboxylic acids is 1. The first-order chi connectivity index (χ1) is 8.24. The summed E-state index contributed by atoms with van der Waals surface area (Å²) in [6.07, 6.45) is 3.10. The largest absolute Gasteiger partial charge is 0.478 e. The smallest absolute Gasteiger partial charge is 0.328 e. The normalized spacial score (nSPS) is 10.1. The molecule has 1 aromatic rings. The van der Waals surface area contributed by atoms with Crippen LogP contribution in [-0.4, -0.2) is 24.2 Å². The van der Waals surface area contributed by atoms with Crippen molar-refractivity contribution in [2.24, 2.45) is 0 Å². The van der Waals surface area contributed by atoms with Gasteiger partial charge in [-0.15, -0.1) is 0 Å². The molecule has 0 aliphatic rings. The molecular formula is C13H14N2O2. The van der Waals surface area contributed by atoms with Crippen molar-refractivity contribution in [1.29, 1.82) is 5.26 Å². The lowest BCUT2D eigenvalue weighted by Gasteiger charge is -2.21. The molecule has 0 aliphatic carbocycles. The highest BCUT2D eigenvalue weighted by molar-refractivity contribution is 5.79. The van der Waals surface area contributed by atoms with E-state index in [-0.39, 0.29) is 0 Å². The summed E-state index contributed by atoms with van der Waals surface area (Å²) < 4.78 is 0. The summed E-state index contributed by atoms with van der Waals surface area (Å²) in [4.78, 5) is 12.3. The van der Waals surface area contributed by atoms with E-state index in [1.165, 1.54) is 0 Å². The van der Waals surface area contributed by atoms with Gasteiger partial charge < -0.3 is 10.0 Å². The van der Waals surface area contributed by atoms with E-state index in [1.807, 2.05) is 35.2 Å². The summed E-state index contributed by atoms with van der Waals surface area (Å²) in [5.74, 6) is -0.960. The first-order valence-corrected chi connectivity index (χ1v) is 5.30. The van der Waals surface area contributed by atoms with Crippen LogP contribution in [0.15, 0.2) is 42.5 Å². The first-order valence-electron chi connectivity index (χ1n) is 5.30. The number of carbonyl (C=O) groups is 1. The second-order valence-electron chi connectivity index (χ2n) is 3.43. The van der Waals surface area contributed by atoms with Gasteiger partial charge in [0.05, 0.1) is 12.5 Å². The Balaban J connectivity index is 2.68. The van der Waals surface area contributed by atoms with Gasteiger partial charge in [0.15, 0.2) is 0 Å². The second kappa shape index (κ2) is 7.07. The minimum atomic E-state index is -0.960. The minimum absolute atomic E-state index is 0.413. The molecule has 0 saturated heterocycles. The van der Waals surface area contributed by atoms with Gasteiger partial charge in [-0.2, -0.15) is 5.26 Å². The third kappa shape index (κ3) is 4.85. The molecule has 1 N–H and O–H groups in total. The maximum atomic E-state index is 10.4. The zero-order chi connectivity index (χ0) is 12.5. The van der Waals surface area contributed by atoms with E-state index < -0.39 is 5.97 Å². The quantitative estimate of drug-likeness (QED) is 0.759. The van der Waals surface area contributed by atoms with E-state index in [2.05, 4.69) is 6.07 Å². The van der Waals surface area contributed by atoms with E-state index in [1.54, 1.807) is 6.08 Å². The van der Waals surface area contributed by atoms with E-state index in [0.717, 1.165) is 11.8 Å². The standard InChI is InChI=1S/C13H14N2O2/c14-9-5-11-15(10-4-8-13(16)17)12-6-2-1-3-7-12/h1-4,6-8H,5,10-11H2,(H,16,17). The maximum absolute atomic E-state index is 10.4. The Morgan fingerprint density at radius 1 is 1.41 bits per heavy atom. The van der Waals surface area contributed by atoms with Crippen LogP contribution < -0.4 is 4.90 Å². The molecule has 0 saturated carbocycles. The highest BCUT2D eigenvalue weighted by atomic mass is 16.4. The lowest BCUT2D eigenvalue weighted by molar-refractivity contribution is -0.131. The maximum Gasteiger partial charge on any atom is 0.328 e. The van der Waals surface area contributed by atoms with Gasteiger partial charge in [-0.3, -0.25) is 0 Å². The molecule has 4 nitrogen and oxygen atoms in total. The predicted octanol–water partition coefficient (Wildman–Crippen LogP) is 2.05. The SMILES string of the molecule is N#CCCN(CC=CC(=O)O)c1ccccc1. The zero-order valence-electron chi connectivity index (χ0n) is 9.41. The Bertz CT molecular complexity index is 421. The summed E-state index contributed by atoms with van der Waals surface area (Å²) in [5, 5.41) is 17.1. The molecule has 1 aromatic carbocycles. The van der Waals surface area contributed by atoms with Crippen LogP contribution >= 0.6 is 0 Å². The first kappa shape index (κ1) is 12.8. The van der Waals surface area contributed by atoms with Gasteiger partial charge >= 0.3 is 5.97 Å². The van der Waals surface area contributed by atoms with Crippen molar-refractivity contribution >= 4 is 11.7 Å². The van der Waals surface area contributed by atoms with Crippen LogP contribution in [0.3, 0.4) is 0 Å². The van der Waals surface area contributed by atoms with Crippen LogP contribution in [0.4, 0.5) is 5.69 Å². The molecule has 17 heavy (non-hydrogen) atoms. The zero-order valence-corrected chi connectivity index (χ0v) is 9.41. The monoisotopic (exact) mass is 230 g/mol. The average molecular weight is 230 g/mol. The van der Waals surface area contributed by atoms with Crippen molar-refractivity contribution < 1.29 is 9.90 Å². The van der Waals surface area contributed by atoms with Crippen molar-refractivity contribution in [1.82, 2.24) is 0 Å². The minimum Gasteiger partial charge on any atom is -0.478 e. The number of carboxylic acids is 1. The molecule has 0 aliphatic heterocycles. The number of nitrogens with zero attached hydrogens (tertiary/aromatic N) is 2. The molecule has 0 aromatic heterocycles. The summed E-state index contributed by atoms with van der Waals surface area (Å²) in [6, 6.07) is 11.7. The summed E-state index contributed by atoms with van der Waals surface area (Å²) in [6.45, 7) is 1.07. The number of carboxylic acid groups (broad SMARTS) is 1. The molecular weight excluding hydrogens is 216 g/mol. The predicted molar refractivity (Wildman–Crippen MR) is 65.7 cm³/mol. The van der Waals surface area contributed by atoms with Crippen molar-refractivity contribution in [2.45, 2.75) is 6.42 Å². The average Bonchev–Trinajstić information content (AvgIpc) is 2.34. The molecule has 4 heteroatoms. The van der Waals surface area contributed by atoms with E-state index in [0.29, 0.717) is 19.5 Å². The van der Waals surface area contributed by atoms with Gasteiger partial charge in [-0.25, -0.2) is 4.79 Å². The molecule has 0 spiro atoms. The van der Waals surface area contributed by atoms with Gasteiger partial charge in [0.25, 0.3) is 0 Å². The van der Waals surface area contributed by atoms with Crippen LogP contribution in [0.25, 0.3) is 0 Å². The van der Waals surface area contributed by atoms with Crippen LogP contribution in [-0.2, 0) is 4.79 Å². The molecule has 0 amide bonds. The van der Waals surface area contributed by atoms with Gasteiger partial charge in [0.2, 0.25) is 0 Å². The number of benzene rings is 1. The fourth-order valence-electron chi connectivity index (χ4n) is 1.43. The highest BCUT2D eigenvalue weighted by Gasteiger charge is 2.03. The summed E-state index contributed by atoms with van der Waals surface area (Å²) in [7, 11) is 0. The Morgan fingerprint density at radius 2 is 2.12 bits per heavy atom. The molecule has 88 valence electrons. The van der Waals surface area contributed by atoms with Gasteiger partial charge in [0.1, 0.15) is 0 Å². The Labute approximate surface area is 100 Å². The lowest BCUT2D eigenvalue weighted by atomic mass is 10.2. The third-order valence-corrected chi connectivity index (χ3v) is 2.20. The molecule has 0 bridgehead atoms. The number of rotatable bonds is 6. The fraction of sp³-hybridized carbons (Fsp3) is 0.231. The Kier molecular flexibility index (Phi) is 5.32.